The lowest BCUT2D eigenvalue weighted by Gasteiger charge is -2.50. The SMILES string of the molecule is CN(C)C(=O)COCC12CCCOC1CCN(Cc1cccnc1)C2. The van der Waals surface area contributed by atoms with Crippen molar-refractivity contribution in [2.75, 3.05) is 47.0 Å². The van der Waals surface area contributed by atoms with E-state index in [1.54, 1.807) is 19.0 Å². The predicted molar refractivity (Wildman–Crippen MR) is 95.1 cm³/mol. The van der Waals surface area contributed by atoms with Gasteiger partial charge in [0.2, 0.25) is 5.91 Å². The maximum Gasteiger partial charge on any atom is 0.248 e. The number of rotatable bonds is 6. The highest BCUT2D eigenvalue weighted by molar-refractivity contribution is 5.76. The van der Waals surface area contributed by atoms with Crippen molar-refractivity contribution in [1.82, 2.24) is 14.8 Å². The third-order valence-corrected chi connectivity index (χ3v) is 5.31. The van der Waals surface area contributed by atoms with Gasteiger partial charge in [0.05, 0.1) is 12.7 Å². The Morgan fingerprint density at radius 3 is 3.16 bits per heavy atom. The Kier molecular flexibility index (Phi) is 6.04. The number of carbonyl (C=O) groups excluding carboxylic acids is 1. The second-order valence-corrected chi connectivity index (χ2v) is 7.47. The molecular weight excluding hydrogens is 318 g/mol. The highest BCUT2D eigenvalue weighted by atomic mass is 16.5. The number of fused-ring (bicyclic) bond motifs is 1. The number of likely N-dealkylation sites (N-methyl/N-ethyl adjacent to an activating group) is 1. The molecule has 0 N–H and O–H groups in total. The zero-order chi connectivity index (χ0) is 17.7. The first kappa shape index (κ1) is 18.3. The molecule has 2 aliphatic heterocycles. The molecular formula is C19H29N3O3. The average Bonchev–Trinajstić information content (AvgIpc) is 2.62. The zero-order valence-corrected chi connectivity index (χ0v) is 15.3. The van der Waals surface area contributed by atoms with Gasteiger partial charge < -0.3 is 14.4 Å². The number of aromatic nitrogens is 1. The van der Waals surface area contributed by atoms with Gasteiger partial charge in [-0.3, -0.25) is 14.7 Å². The highest BCUT2D eigenvalue weighted by Crippen LogP contribution is 2.40. The first-order chi connectivity index (χ1) is 12.1. The molecule has 0 aromatic carbocycles. The van der Waals surface area contributed by atoms with Crippen molar-refractivity contribution in [3.63, 3.8) is 0 Å². The molecule has 0 aliphatic carbocycles. The number of nitrogens with zero attached hydrogens (tertiary/aromatic N) is 3. The van der Waals surface area contributed by atoms with Crippen molar-refractivity contribution in [1.29, 1.82) is 0 Å². The molecule has 0 bridgehead atoms. The van der Waals surface area contributed by atoms with Gasteiger partial charge >= 0.3 is 0 Å². The quantitative estimate of drug-likeness (QED) is 0.782. The topological polar surface area (TPSA) is 54.9 Å². The van der Waals surface area contributed by atoms with Gasteiger partial charge in [-0.1, -0.05) is 6.07 Å². The largest absolute Gasteiger partial charge is 0.377 e. The molecule has 1 aromatic heterocycles. The van der Waals surface area contributed by atoms with Gasteiger partial charge in [-0.2, -0.15) is 0 Å². The van der Waals surface area contributed by atoms with E-state index in [4.69, 9.17) is 9.47 Å². The number of likely N-dealkylation sites (tertiary alicyclic amines) is 1. The van der Waals surface area contributed by atoms with Crippen LogP contribution in [0.4, 0.5) is 0 Å². The average molecular weight is 347 g/mol. The zero-order valence-electron chi connectivity index (χ0n) is 15.3. The van der Waals surface area contributed by atoms with Crippen molar-refractivity contribution in [2.24, 2.45) is 5.41 Å². The number of amides is 1. The van der Waals surface area contributed by atoms with Gasteiger partial charge in [-0.25, -0.2) is 0 Å². The lowest BCUT2D eigenvalue weighted by Crippen LogP contribution is -2.56. The van der Waals surface area contributed by atoms with Crippen LogP contribution in [-0.2, 0) is 20.8 Å². The van der Waals surface area contributed by atoms with Gasteiger partial charge in [0.1, 0.15) is 6.61 Å². The van der Waals surface area contributed by atoms with Crippen LogP contribution in [0.2, 0.25) is 0 Å². The van der Waals surface area contributed by atoms with E-state index in [0.29, 0.717) is 6.61 Å². The highest BCUT2D eigenvalue weighted by Gasteiger charge is 2.46. The van der Waals surface area contributed by atoms with Crippen LogP contribution in [-0.4, -0.2) is 73.8 Å². The number of hydrogen-bond acceptors (Lipinski definition) is 5. The summed E-state index contributed by atoms with van der Waals surface area (Å²) in [5.74, 6) is 0.00713. The Morgan fingerprint density at radius 2 is 2.40 bits per heavy atom. The molecule has 6 heteroatoms. The van der Waals surface area contributed by atoms with Crippen LogP contribution < -0.4 is 0 Å². The smallest absolute Gasteiger partial charge is 0.248 e. The molecule has 3 rings (SSSR count). The summed E-state index contributed by atoms with van der Waals surface area (Å²) >= 11 is 0. The van der Waals surface area contributed by atoms with Gasteiger partial charge in [0.25, 0.3) is 0 Å². The van der Waals surface area contributed by atoms with Gasteiger partial charge in [0, 0.05) is 58.1 Å². The second-order valence-electron chi connectivity index (χ2n) is 7.47. The van der Waals surface area contributed by atoms with Crippen LogP contribution in [0.15, 0.2) is 24.5 Å². The molecule has 3 heterocycles. The number of carbonyl (C=O) groups is 1. The van der Waals surface area contributed by atoms with Crippen LogP contribution >= 0.6 is 0 Å². The minimum Gasteiger partial charge on any atom is -0.377 e. The number of pyridine rings is 1. The normalized spacial score (nSPS) is 26.9. The Balaban J connectivity index is 1.63. The molecule has 1 amide bonds. The summed E-state index contributed by atoms with van der Waals surface area (Å²) in [6, 6.07) is 4.10. The number of piperidine rings is 1. The Bertz CT molecular complexity index is 566. The summed E-state index contributed by atoms with van der Waals surface area (Å²) in [5.41, 5.74) is 1.22. The lowest BCUT2D eigenvalue weighted by molar-refractivity contribution is -0.160. The molecule has 2 unspecified atom stereocenters. The third kappa shape index (κ3) is 4.57. The van der Waals surface area contributed by atoms with Crippen LogP contribution in [0.1, 0.15) is 24.8 Å². The number of ether oxygens (including phenoxy) is 2. The Morgan fingerprint density at radius 1 is 1.52 bits per heavy atom. The van der Waals surface area contributed by atoms with Crippen molar-refractivity contribution in [3.05, 3.63) is 30.1 Å². The van der Waals surface area contributed by atoms with Gasteiger partial charge in [0.15, 0.2) is 0 Å². The van der Waals surface area contributed by atoms with E-state index >= 15 is 0 Å². The summed E-state index contributed by atoms with van der Waals surface area (Å²) in [6.07, 6.45) is 7.15. The second kappa shape index (κ2) is 8.25. The lowest BCUT2D eigenvalue weighted by atomic mass is 9.73. The van der Waals surface area contributed by atoms with E-state index in [-0.39, 0.29) is 24.0 Å². The molecule has 25 heavy (non-hydrogen) atoms. The van der Waals surface area contributed by atoms with E-state index in [1.165, 1.54) is 5.56 Å². The van der Waals surface area contributed by atoms with Crippen LogP contribution in [0.25, 0.3) is 0 Å². The molecule has 1 aromatic rings. The van der Waals surface area contributed by atoms with Crippen molar-refractivity contribution in [3.8, 4) is 0 Å². The maximum absolute atomic E-state index is 11.8. The predicted octanol–water partition coefficient (Wildman–Crippen LogP) is 1.56. The molecule has 0 radical (unpaired) electrons. The molecule has 138 valence electrons. The summed E-state index contributed by atoms with van der Waals surface area (Å²) in [6.45, 7) is 4.44. The van der Waals surface area contributed by atoms with E-state index < -0.39 is 0 Å². The van der Waals surface area contributed by atoms with Crippen LogP contribution in [0.3, 0.4) is 0 Å². The molecule has 2 fully saturated rings. The molecule has 2 saturated heterocycles. The fourth-order valence-electron chi connectivity index (χ4n) is 3.95. The van der Waals surface area contributed by atoms with Crippen molar-refractivity contribution < 1.29 is 14.3 Å². The minimum absolute atomic E-state index is 0.00713. The maximum atomic E-state index is 11.8. The van der Waals surface area contributed by atoms with E-state index in [2.05, 4.69) is 16.0 Å². The summed E-state index contributed by atoms with van der Waals surface area (Å²) in [7, 11) is 3.51. The van der Waals surface area contributed by atoms with Crippen molar-refractivity contribution in [2.45, 2.75) is 31.9 Å². The Labute approximate surface area is 150 Å². The van der Waals surface area contributed by atoms with Gasteiger partial charge in [-0.15, -0.1) is 0 Å². The first-order valence-electron chi connectivity index (χ1n) is 9.10. The number of hydrogen-bond donors (Lipinski definition) is 0. The van der Waals surface area contributed by atoms with E-state index in [9.17, 15) is 4.79 Å². The first-order valence-corrected chi connectivity index (χ1v) is 9.10. The molecule has 0 saturated carbocycles. The molecule has 6 nitrogen and oxygen atoms in total. The van der Waals surface area contributed by atoms with Gasteiger partial charge in [-0.05, 0) is 30.9 Å². The van der Waals surface area contributed by atoms with Crippen molar-refractivity contribution >= 4 is 5.91 Å². The van der Waals surface area contributed by atoms with E-state index in [1.807, 2.05) is 18.5 Å². The standard InChI is InChI=1S/C19H29N3O3/c1-21(2)18(23)13-24-15-19-7-4-10-25-17(19)6-9-22(14-19)12-16-5-3-8-20-11-16/h3,5,8,11,17H,4,6-7,9-10,12-15H2,1-2H3. The fraction of sp³-hybridized carbons (Fsp3) is 0.684. The fourth-order valence-corrected chi connectivity index (χ4v) is 3.95. The molecule has 0 spiro atoms. The monoisotopic (exact) mass is 347 g/mol. The third-order valence-electron chi connectivity index (χ3n) is 5.31. The van der Waals surface area contributed by atoms with Crippen LogP contribution in [0, 0.1) is 5.41 Å². The minimum atomic E-state index is -0.00863. The Hall–Kier alpha value is -1.50. The molecule has 2 atom stereocenters. The van der Waals surface area contributed by atoms with E-state index in [0.717, 1.165) is 45.5 Å². The van der Waals surface area contributed by atoms with Crippen LogP contribution in [0.5, 0.6) is 0 Å². The summed E-state index contributed by atoms with van der Waals surface area (Å²) in [4.78, 5) is 20.1. The summed E-state index contributed by atoms with van der Waals surface area (Å²) < 4.78 is 11.9. The summed E-state index contributed by atoms with van der Waals surface area (Å²) in [5, 5.41) is 0. The molecule has 2 aliphatic rings.